The predicted molar refractivity (Wildman–Crippen MR) is 136 cm³/mol. The first kappa shape index (κ1) is 26.6. The third kappa shape index (κ3) is 6.80. The van der Waals surface area contributed by atoms with Gasteiger partial charge in [0, 0.05) is 6.07 Å². The van der Waals surface area contributed by atoms with E-state index in [2.05, 4.69) is 11.6 Å². The molecule has 0 aliphatic heterocycles. The summed E-state index contributed by atoms with van der Waals surface area (Å²) in [6, 6.07) is 10.2. The number of rotatable bonds is 10. The van der Waals surface area contributed by atoms with Gasteiger partial charge in [-0.25, -0.2) is 18.0 Å². The fourth-order valence-electron chi connectivity index (χ4n) is 3.93. The van der Waals surface area contributed by atoms with Crippen LogP contribution in [0, 0.1) is 19.8 Å². The minimum Gasteiger partial charge on any atom is -0.425 e. The van der Waals surface area contributed by atoms with Gasteiger partial charge >= 0.3 is 11.6 Å². The van der Waals surface area contributed by atoms with Gasteiger partial charge in [0.05, 0.1) is 10.3 Å². The Balaban J connectivity index is 1.98. The zero-order valence-electron chi connectivity index (χ0n) is 20.9. The zero-order chi connectivity index (χ0) is 25.8. The Kier molecular flexibility index (Phi) is 8.51. The Bertz CT molecular complexity index is 1360. The highest BCUT2D eigenvalue weighted by Crippen LogP contribution is 2.31. The van der Waals surface area contributed by atoms with Gasteiger partial charge in [0.25, 0.3) is 0 Å². The molecule has 0 saturated carbocycles. The maximum atomic E-state index is 13.3. The van der Waals surface area contributed by atoms with Gasteiger partial charge in [-0.15, -0.1) is 0 Å². The third-order valence-corrected chi connectivity index (χ3v) is 7.15. The molecule has 8 heteroatoms. The van der Waals surface area contributed by atoms with Crippen LogP contribution in [0.15, 0.2) is 56.6 Å². The molecule has 0 bridgehead atoms. The molecule has 3 aromatic rings. The topological polar surface area (TPSA) is 103 Å². The van der Waals surface area contributed by atoms with Crippen LogP contribution >= 0.6 is 0 Å². The molecule has 0 saturated heterocycles. The summed E-state index contributed by atoms with van der Waals surface area (Å²) in [5.74, 6) is -0.433. The predicted octanol–water partition coefficient (Wildman–Crippen LogP) is 5.05. The first-order valence-corrected chi connectivity index (χ1v) is 13.4. The molecule has 0 radical (unpaired) electrons. The van der Waals surface area contributed by atoms with E-state index in [4.69, 9.17) is 9.15 Å². The average Bonchev–Trinajstić information content (AvgIpc) is 2.76. The molecule has 188 valence electrons. The highest BCUT2D eigenvalue weighted by molar-refractivity contribution is 7.89. The van der Waals surface area contributed by atoms with Gasteiger partial charge < -0.3 is 9.15 Å². The number of carbonyl (C=O) groups excluding carboxylic acids is 1. The average molecular weight is 500 g/mol. The van der Waals surface area contributed by atoms with Crippen LogP contribution in [0.25, 0.3) is 11.0 Å². The van der Waals surface area contributed by atoms with E-state index in [1.54, 1.807) is 31.2 Å². The summed E-state index contributed by atoms with van der Waals surface area (Å²) in [6.07, 6.45) is 2.67. The molecule has 0 fully saturated rings. The Morgan fingerprint density at radius 3 is 2.37 bits per heavy atom. The Morgan fingerprint density at radius 1 is 1.06 bits per heavy atom. The lowest BCUT2D eigenvalue weighted by Gasteiger charge is -2.20. The maximum Gasteiger partial charge on any atom is 0.336 e. The third-order valence-electron chi connectivity index (χ3n) is 5.66. The van der Waals surface area contributed by atoms with E-state index in [1.165, 1.54) is 18.2 Å². The maximum absolute atomic E-state index is 13.3. The van der Waals surface area contributed by atoms with Crippen molar-refractivity contribution in [3.63, 3.8) is 0 Å². The monoisotopic (exact) mass is 499 g/mol. The summed E-state index contributed by atoms with van der Waals surface area (Å²) in [4.78, 5) is 25.5. The van der Waals surface area contributed by atoms with Crippen molar-refractivity contribution in [1.82, 2.24) is 4.72 Å². The van der Waals surface area contributed by atoms with Gasteiger partial charge in [0.15, 0.2) is 0 Å². The van der Waals surface area contributed by atoms with E-state index in [0.717, 1.165) is 29.5 Å². The number of fused-ring (bicyclic) bond motifs is 1. The molecule has 0 aliphatic carbocycles. The Labute approximate surface area is 206 Å². The molecule has 7 nitrogen and oxygen atoms in total. The summed E-state index contributed by atoms with van der Waals surface area (Å²) in [6.45, 7) is 9.53. The second kappa shape index (κ2) is 11.2. The van der Waals surface area contributed by atoms with Gasteiger partial charge in [-0.1, -0.05) is 44.9 Å². The van der Waals surface area contributed by atoms with Crippen molar-refractivity contribution in [2.45, 2.75) is 71.2 Å². The van der Waals surface area contributed by atoms with Crippen molar-refractivity contribution in [2.24, 2.45) is 5.92 Å². The smallest absolute Gasteiger partial charge is 0.336 e. The summed E-state index contributed by atoms with van der Waals surface area (Å²) in [5.41, 5.74) is 2.29. The number of nitrogens with one attached hydrogen (secondary N) is 1. The highest BCUT2D eigenvalue weighted by Gasteiger charge is 2.29. The molecule has 1 heterocycles. The highest BCUT2D eigenvalue weighted by atomic mass is 32.2. The quantitative estimate of drug-likeness (QED) is 0.238. The summed E-state index contributed by atoms with van der Waals surface area (Å²) in [5, 5.41) is 0.557. The van der Waals surface area contributed by atoms with Crippen LogP contribution in [0.1, 0.15) is 56.7 Å². The molecule has 1 N–H and O–H groups in total. The Hall–Kier alpha value is -2.97. The van der Waals surface area contributed by atoms with Crippen LogP contribution in [-0.4, -0.2) is 20.4 Å². The number of sulfonamides is 1. The summed E-state index contributed by atoms with van der Waals surface area (Å²) >= 11 is 0. The van der Waals surface area contributed by atoms with Crippen molar-refractivity contribution >= 4 is 27.0 Å². The number of hydrogen-bond acceptors (Lipinski definition) is 6. The second-order valence-corrected chi connectivity index (χ2v) is 11.1. The van der Waals surface area contributed by atoms with E-state index in [-0.39, 0.29) is 23.0 Å². The SMILES string of the molecule is CCCCc1cc(=O)oc2cc(C)cc(OC(=O)C(CC(C)C)NS(=O)(=O)c3ccc(C)cc3)c12. The molecule has 35 heavy (non-hydrogen) atoms. The second-order valence-electron chi connectivity index (χ2n) is 9.37. The summed E-state index contributed by atoms with van der Waals surface area (Å²) in [7, 11) is -3.95. The molecule has 0 spiro atoms. The van der Waals surface area contributed by atoms with Gasteiger partial charge in [-0.2, -0.15) is 4.72 Å². The molecular weight excluding hydrogens is 466 g/mol. The molecular formula is C27H33NO6S. The van der Waals surface area contributed by atoms with Crippen LogP contribution < -0.4 is 15.1 Å². The first-order valence-electron chi connectivity index (χ1n) is 11.9. The van der Waals surface area contributed by atoms with Crippen LogP contribution in [0.4, 0.5) is 0 Å². The number of carbonyl (C=O) groups is 1. The van der Waals surface area contributed by atoms with Gasteiger partial charge in [-0.05, 0) is 74.4 Å². The summed E-state index contributed by atoms with van der Waals surface area (Å²) < 4.78 is 39.7. The zero-order valence-corrected chi connectivity index (χ0v) is 21.7. The van der Waals surface area contributed by atoms with Gasteiger partial charge in [-0.3, -0.25) is 0 Å². The lowest BCUT2D eigenvalue weighted by atomic mass is 10.0. The van der Waals surface area contributed by atoms with Crippen molar-refractivity contribution in [3.05, 3.63) is 69.6 Å². The lowest BCUT2D eigenvalue weighted by Crippen LogP contribution is -2.43. The standard InChI is InChI=1S/C27H33NO6S/c1-6-7-8-20-16-25(29)33-23-14-19(5)15-24(26(20)23)34-27(30)22(13-17(2)3)28-35(31,32)21-11-9-18(4)10-12-21/h9-12,14-17,22,28H,6-8,13H2,1-5H3. The van der Waals surface area contributed by atoms with Crippen molar-refractivity contribution in [3.8, 4) is 5.75 Å². The molecule has 3 rings (SSSR count). The number of unbranched alkanes of at least 4 members (excludes halogenated alkanes) is 1. The number of aryl methyl sites for hydroxylation is 3. The van der Waals surface area contributed by atoms with Crippen LogP contribution in [0.3, 0.4) is 0 Å². The minimum absolute atomic E-state index is 0.0284. The fraction of sp³-hybridized carbons (Fsp3) is 0.407. The molecule has 2 aromatic carbocycles. The molecule has 1 unspecified atom stereocenters. The fourth-order valence-corrected chi connectivity index (χ4v) is 5.13. The lowest BCUT2D eigenvalue weighted by molar-refractivity contribution is -0.136. The van der Waals surface area contributed by atoms with Gasteiger partial charge in [0.2, 0.25) is 10.0 Å². The number of ether oxygens (including phenoxy) is 1. The largest absolute Gasteiger partial charge is 0.425 e. The normalized spacial score (nSPS) is 12.7. The van der Waals surface area contributed by atoms with E-state index in [0.29, 0.717) is 17.4 Å². The van der Waals surface area contributed by atoms with E-state index in [1.807, 2.05) is 20.8 Å². The number of esters is 1. The van der Waals surface area contributed by atoms with E-state index >= 15 is 0 Å². The van der Waals surface area contributed by atoms with Gasteiger partial charge in [0.1, 0.15) is 17.4 Å². The molecule has 0 aliphatic rings. The number of hydrogen-bond donors (Lipinski definition) is 1. The van der Waals surface area contributed by atoms with Crippen molar-refractivity contribution in [2.75, 3.05) is 0 Å². The van der Waals surface area contributed by atoms with Crippen LogP contribution in [0.5, 0.6) is 5.75 Å². The Morgan fingerprint density at radius 2 is 1.74 bits per heavy atom. The van der Waals surface area contributed by atoms with E-state index < -0.39 is 27.7 Å². The van der Waals surface area contributed by atoms with Crippen LogP contribution in [0.2, 0.25) is 0 Å². The minimum atomic E-state index is -3.95. The molecule has 0 amide bonds. The van der Waals surface area contributed by atoms with Crippen molar-refractivity contribution in [1.29, 1.82) is 0 Å². The van der Waals surface area contributed by atoms with Crippen molar-refractivity contribution < 1.29 is 22.4 Å². The molecule has 1 atom stereocenters. The number of benzene rings is 2. The first-order chi connectivity index (χ1) is 16.5. The molecule has 1 aromatic heterocycles. The van der Waals surface area contributed by atoms with E-state index in [9.17, 15) is 18.0 Å². The van der Waals surface area contributed by atoms with Crippen LogP contribution in [-0.2, 0) is 21.2 Å².